The molecule has 0 N–H and O–H groups in total. The van der Waals surface area contributed by atoms with Crippen LogP contribution in [0.25, 0.3) is 0 Å². The van der Waals surface area contributed by atoms with E-state index in [1.807, 2.05) is 6.07 Å². The standard InChI is InChI=1S/C12H19BrN2O/c1-4-5-6-7-16-11-8-10(13)14-12(15-11)9(2)3/h8-9H,4-7H2,1-3H3. The van der Waals surface area contributed by atoms with Crippen LogP contribution in [0.15, 0.2) is 10.7 Å². The van der Waals surface area contributed by atoms with Crippen LogP contribution in [0.3, 0.4) is 0 Å². The minimum atomic E-state index is 0.315. The maximum atomic E-state index is 5.60. The number of nitrogens with zero attached hydrogens (tertiary/aromatic N) is 2. The lowest BCUT2D eigenvalue weighted by atomic mass is 10.2. The maximum absolute atomic E-state index is 5.60. The lowest BCUT2D eigenvalue weighted by molar-refractivity contribution is 0.292. The smallest absolute Gasteiger partial charge is 0.217 e. The van der Waals surface area contributed by atoms with Gasteiger partial charge in [-0.25, -0.2) is 4.98 Å². The first-order chi connectivity index (χ1) is 7.63. The van der Waals surface area contributed by atoms with Crippen LogP contribution in [0.4, 0.5) is 0 Å². The highest BCUT2D eigenvalue weighted by Gasteiger charge is 2.07. The van der Waals surface area contributed by atoms with E-state index in [1.54, 1.807) is 0 Å². The molecular weight excluding hydrogens is 268 g/mol. The van der Waals surface area contributed by atoms with Gasteiger partial charge in [0.2, 0.25) is 5.88 Å². The molecule has 3 nitrogen and oxygen atoms in total. The summed E-state index contributed by atoms with van der Waals surface area (Å²) in [6.07, 6.45) is 3.48. The van der Waals surface area contributed by atoms with Crippen molar-refractivity contribution < 1.29 is 4.74 Å². The molecule has 1 heterocycles. The van der Waals surface area contributed by atoms with Crippen LogP contribution in [-0.2, 0) is 0 Å². The van der Waals surface area contributed by atoms with Gasteiger partial charge in [-0.3, -0.25) is 0 Å². The monoisotopic (exact) mass is 286 g/mol. The Morgan fingerprint density at radius 3 is 2.69 bits per heavy atom. The van der Waals surface area contributed by atoms with E-state index < -0.39 is 0 Å². The van der Waals surface area contributed by atoms with Crippen molar-refractivity contribution in [3.63, 3.8) is 0 Å². The molecule has 0 radical (unpaired) electrons. The van der Waals surface area contributed by atoms with Gasteiger partial charge < -0.3 is 4.74 Å². The number of halogens is 1. The molecule has 0 spiro atoms. The normalized spacial score (nSPS) is 10.8. The minimum Gasteiger partial charge on any atom is -0.478 e. The van der Waals surface area contributed by atoms with Gasteiger partial charge in [-0.2, -0.15) is 4.98 Å². The van der Waals surface area contributed by atoms with Crippen molar-refractivity contribution in [3.05, 3.63) is 16.5 Å². The second kappa shape index (κ2) is 6.84. The summed E-state index contributed by atoms with van der Waals surface area (Å²) < 4.78 is 6.39. The Morgan fingerprint density at radius 1 is 1.31 bits per heavy atom. The van der Waals surface area contributed by atoms with Gasteiger partial charge in [0.15, 0.2) is 0 Å². The Balaban J connectivity index is 2.58. The molecule has 0 amide bonds. The summed E-state index contributed by atoms with van der Waals surface area (Å²) in [7, 11) is 0. The molecule has 0 aliphatic heterocycles. The fourth-order valence-electron chi connectivity index (χ4n) is 1.27. The van der Waals surface area contributed by atoms with E-state index in [4.69, 9.17) is 4.74 Å². The third-order valence-corrected chi connectivity index (χ3v) is 2.61. The van der Waals surface area contributed by atoms with Crippen molar-refractivity contribution in [2.24, 2.45) is 0 Å². The largest absolute Gasteiger partial charge is 0.478 e. The Bertz CT molecular complexity index is 329. The number of aromatic nitrogens is 2. The highest BCUT2D eigenvalue weighted by molar-refractivity contribution is 9.10. The predicted octanol–water partition coefficient (Wildman–Crippen LogP) is 3.93. The van der Waals surface area contributed by atoms with E-state index >= 15 is 0 Å². The van der Waals surface area contributed by atoms with E-state index in [-0.39, 0.29) is 0 Å². The van der Waals surface area contributed by atoms with E-state index in [1.165, 1.54) is 12.8 Å². The maximum Gasteiger partial charge on any atom is 0.217 e. The van der Waals surface area contributed by atoms with Crippen molar-refractivity contribution in [1.82, 2.24) is 9.97 Å². The van der Waals surface area contributed by atoms with Crippen LogP contribution in [0, 0.1) is 0 Å². The van der Waals surface area contributed by atoms with Gasteiger partial charge in [-0.15, -0.1) is 0 Å². The van der Waals surface area contributed by atoms with Crippen molar-refractivity contribution in [2.45, 2.75) is 46.0 Å². The zero-order chi connectivity index (χ0) is 12.0. The van der Waals surface area contributed by atoms with Gasteiger partial charge >= 0.3 is 0 Å². The summed E-state index contributed by atoms with van der Waals surface area (Å²) >= 11 is 3.37. The van der Waals surface area contributed by atoms with Gasteiger partial charge in [0.25, 0.3) is 0 Å². The first-order valence-corrected chi connectivity index (χ1v) is 6.60. The molecule has 0 fully saturated rings. The molecule has 0 aliphatic carbocycles. The van der Waals surface area contributed by atoms with Crippen molar-refractivity contribution >= 4 is 15.9 Å². The molecule has 0 atom stereocenters. The molecule has 0 saturated carbocycles. The molecule has 0 saturated heterocycles. The van der Waals surface area contributed by atoms with Crippen molar-refractivity contribution in [3.8, 4) is 5.88 Å². The van der Waals surface area contributed by atoms with Crippen LogP contribution >= 0.6 is 15.9 Å². The van der Waals surface area contributed by atoms with Crippen LogP contribution < -0.4 is 4.74 Å². The Hall–Kier alpha value is -0.640. The van der Waals surface area contributed by atoms with Crippen molar-refractivity contribution in [1.29, 1.82) is 0 Å². The SMILES string of the molecule is CCCCCOc1cc(Br)nc(C(C)C)n1. The third kappa shape index (κ3) is 4.47. The second-order valence-corrected chi connectivity index (χ2v) is 4.91. The first-order valence-electron chi connectivity index (χ1n) is 5.80. The minimum absolute atomic E-state index is 0.315. The van der Waals surface area contributed by atoms with Crippen LogP contribution in [0.5, 0.6) is 5.88 Å². The zero-order valence-electron chi connectivity index (χ0n) is 10.2. The zero-order valence-corrected chi connectivity index (χ0v) is 11.7. The van der Waals surface area contributed by atoms with Crippen LogP contribution in [0.2, 0.25) is 0 Å². The second-order valence-electron chi connectivity index (χ2n) is 4.10. The summed E-state index contributed by atoms with van der Waals surface area (Å²) in [5.74, 6) is 1.80. The third-order valence-electron chi connectivity index (χ3n) is 2.20. The highest BCUT2D eigenvalue weighted by Crippen LogP contribution is 2.19. The fraction of sp³-hybridized carbons (Fsp3) is 0.667. The molecule has 0 unspecified atom stereocenters. The fourth-order valence-corrected chi connectivity index (χ4v) is 1.65. The Kier molecular flexibility index (Phi) is 5.74. The summed E-state index contributed by atoms with van der Waals surface area (Å²) in [4.78, 5) is 8.67. The van der Waals surface area contributed by atoms with Gasteiger partial charge in [0.05, 0.1) is 6.61 Å². The molecule has 0 bridgehead atoms. The van der Waals surface area contributed by atoms with Crippen LogP contribution in [-0.4, -0.2) is 16.6 Å². The number of rotatable bonds is 6. The summed E-state index contributed by atoms with van der Waals surface area (Å²) in [6.45, 7) is 7.05. The topological polar surface area (TPSA) is 35.0 Å². The van der Waals surface area contributed by atoms with Crippen molar-refractivity contribution in [2.75, 3.05) is 6.61 Å². The lowest BCUT2D eigenvalue weighted by Crippen LogP contribution is -2.03. The number of ether oxygens (including phenoxy) is 1. The lowest BCUT2D eigenvalue weighted by Gasteiger charge is -2.08. The quantitative estimate of drug-likeness (QED) is 0.587. The summed E-state index contributed by atoms with van der Waals surface area (Å²) in [5, 5.41) is 0. The highest BCUT2D eigenvalue weighted by atomic mass is 79.9. The molecule has 16 heavy (non-hydrogen) atoms. The first kappa shape index (κ1) is 13.4. The predicted molar refractivity (Wildman–Crippen MR) is 68.8 cm³/mol. The average Bonchev–Trinajstić information content (AvgIpc) is 2.23. The van der Waals surface area contributed by atoms with E-state index in [0.717, 1.165) is 23.5 Å². The molecule has 1 aromatic rings. The molecule has 1 rings (SSSR count). The Morgan fingerprint density at radius 2 is 2.06 bits per heavy atom. The summed E-state index contributed by atoms with van der Waals surface area (Å²) in [6, 6.07) is 1.82. The van der Waals surface area contributed by atoms with Crippen LogP contribution in [0.1, 0.15) is 51.8 Å². The average molecular weight is 287 g/mol. The van der Waals surface area contributed by atoms with Gasteiger partial charge in [-0.1, -0.05) is 33.6 Å². The molecule has 4 heteroatoms. The van der Waals surface area contributed by atoms with Gasteiger partial charge in [0.1, 0.15) is 10.4 Å². The van der Waals surface area contributed by atoms with E-state index in [2.05, 4.69) is 46.7 Å². The molecule has 0 aromatic carbocycles. The molecule has 90 valence electrons. The number of hydrogen-bond donors (Lipinski definition) is 0. The number of hydrogen-bond acceptors (Lipinski definition) is 3. The molecular formula is C12H19BrN2O. The summed E-state index contributed by atoms with van der Waals surface area (Å²) in [5.41, 5.74) is 0. The molecule has 0 aliphatic rings. The molecule has 1 aromatic heterocycles. The van der Waals surface area contributed by atoms with E-state index in [0.29, 0.717) is 11.8 Å². The van der Waals surface area contributed by atoms with Gasteiger partial charge in [-0.05, 0) is 22.4 Å². The Labute approximate surface area is 106 Å². The van der Waals surface area contributed by atoms with E-state index in [9.17, 15) is 0 Å². The van der Waals surface area contributed by atoms with Gasteiger partial charge in [0, 0.05) is 12.0 Å². The number of unbranched alkanes of at least 4 members (excludes halogenated alkanes) is 2.